The highest BCUT2D eigenvalue weighted by Crippen LogP contribution is 2.28. The van der Waals surface area contributed by atoms with Crippen LogP contribution in [-0.2, 0) is 10.3 Å². The zero-order chi connectivity index (χ0) is 14.7. The van der Waals surface area contributed by atoms with Crippen molar-refractivity contribution >= 4 is 21.8 Å². The highest BCUT2D eigenvalue weighted by molar-refractivity contribution is 9.10. The molecule has 0 heterocycles. The van der Waals surface area contributed by atoms with Crippen LogP contribution in [0, 0.1) is 0 Å². The molecule has 0 spiro atoms. The minimum absolute atomic E-state index is 0.120. The summed E-state index contributed by atoms with van der Waals surface area (Å²) in [6.07, 6.45) is -4.29. The molecule has 7 heteroatoms. The van der Waals surface area contributed by atoms with E-state index in [1.165, 1.54) is 0 Å². The Labute approximate surface area is 117 Å². The van der Waals surface area contributed by atoms with Gasteiger partial charge in [-0.25, -0.2) is 0 Å². The van der Waals surface area contributed by atoms with Crippen LogP contribution in [0.5, 0.6) is 0 Å². The molecule has 0 aliphatic carbocycles. The number of carbonyl (C=O) groups excluding carboxylic acids is 1. The van der Waals surface area contributed by atoms with Crippen LogP contribution in [0.4, 0.5) is 13.2 Å². The van der Waals surface area contributed by atoms with Gasteiger partial charge in [0.05, 0.1) is 6.54 Å². The van der Waals surface area contributed by atoms with Gasteiger partial charge in [0.15, 0.2) is 0 Å². The monoisotopic (exact) mass is 338 g/mol. The molecule has 0 radical (unpaired) electrons. The highest BCUT2D eigenvalue weighted by Gasteiger charge is 2.40. The second kappa shape index (κ2) is 5.92. The van der Waals surface area contributed by atoms with Crippen molar-refractivity contribution in [1.29, 1.82) is 0 Å². The van der Waals surface area contributed by atoms with E-state index >= 15 is 0 Å². The maximum Gasteiger partial charge on any atom is 0.401 e. The highest BCUT2D eigenvalue weighted by atomic mass is 79.9. The molecule has 3 N–H and O–H groups in total. The van der Waals surface area contributed by atoms with Crippen molar-refractivity contribution in [2.24, 2.45) is 5.73 Å². The normalized spacial score (nSPS) is 15.0. The third-order valence-corrected chi connectivity index (χ3v) is 3.35. The third-order valence-electron chi connectivity index (χ3n) is 2.86. The third kappa shape index (κ3) is 3.94. The van der Waals surface area contributed by atoms with E-state index in [1.807, 2.05) is 0 Å². The molecule has 0 bridgehead atoms. The van der Waals surface area contributed by atoms with Gasteiger partial charge < -0.3 is 5.73 Å². The molecule has 3 nitrogen and oxygen atoms in total. The molecule has 0 fully saturated rings. The molecule has 1 rings (SSSR count). The number of carbonyl (C=O) groups is 1. The number of benzene rings is 1. The quantitative estimate of drug-likeness (QED) is 0.867. The number of nitrogens with one attached hydrogen (secondary N) is 1. The molecular formula is C12H14BrF3N2O. The van der Waals surface area contributed by atoms with E-state index < -0.39 is 24.2 Å². The summed E-state index contributed by atoms with van der Waals surface area (Å²) in [6, 6.07) is 6.51. The molecule has 0 aliphatic heterocycles. The molecule has 0 aromatic heterocycles. The van der Waals surface area contributed by atoms with Gasteiger partial charge >= 0.3 is 6.18 Å². The van der Waals surface area contributed by atoms with E-state index in [0.717, 1.165) is 0 Å². The van der Waals surface area contributed by atoms with Crippen molar-refractivity contribution < 1.29 is 18.0 Å². The zero-order valence-electron chi connectivity index (χ0n) is 10.2. The van der Waals surface area contributed by atoms with Gasteiger partial charge in [0.25, 0.3) is 0 Å². The van der Waals surface area contributed by atoms with E-state index in [9.17, 15) is 18.0 Å². The van der Waals surface area contributed by atoms with Crippen LogP contribution in [0.3, 0.4) is 0 Å². The fourth-order valence-electron chi connectivity index (χ4n) is 1.84. The van der Waals surface area contributed by atoms with Crippen LogP contribution in [-0.4, -0.2) is 18.6 Å². The summed E-state index contributed by atoms with van der Waals surface area (Å²) in [5, 5.41) is 2.25. The van der Waals surface area contributed by atoms with Crippen molar-refractivity contribution in [3.8, 4) is 0 Å². The zero-order valence-corrected chi connectivity index (χ0v) is 11.8. The number of hydrogen-bond acceptors (Lipinski definition) is 2. The summed E-state index contributed by atoms with van der Waals surface area (Å²) in [5.41, 5.74) is 4.18. The fraction of sp³-hybridized carbons (Fsp3) is 0.417. The SMILES string of the molecule is CCC(NCC(F)(F)F)(C(N)=O)c1cccc(Br)c1. The van der Waals surface area contributed by atoms with Crippen molar-refractivity contribution in [1.82, 2.24) is 5.32 Å². The first-order valence-electron chi connectivity index (χ1n) is 5.59. The van der Waals surface area contributed by atoms with Gasteiger partial charge in [-0.2, -0.15) is 13.2 Å². The second-order valence-electron chi connectivity index (χ2n) is 4.10. The lowest BCUT2D eigenvalue weighted by atomic mass is 9.86. The Bertz CT molecular complexity index is 465. The summed E-state index contributed by atoms with van der Waals surface area (Å²) >= 11 is 3.22. The smallest absolute Gasteiger partial charge is 0.368 e. The van der Waals surface area contributed by atoms with Crippen LogP contribution in [0.15, 0.2) is 28.7 Å². The van der Waals surface area contributed by atoms with E-state index in [1.54, 1.807) is 31.2 Å². The average molecular weight is 339 g/mol. The standard InChI is InChI=1S/C12H14BrF3N2O/c1-2-11(10(17)19,18-7-12(14,15)16)8-4-3-5-9(13)6-8/h3-6,18H,2,7H2,1H3,(H2,17,19). The molecule has 1 atom stereocenters. The van der Waals surface area contributed by atoms with Crippen molar-refractivity contribution in [2.45, 2.75) is 25.1 Å². The Morgan fingerprint density at radius 1 is 1.42 bits per heavy atom. The van der Waals surface area contributed by atoms with Crippen LogP contribution in [0.2, 0.25) is 0 Å². The predicted molar refractivity (Wildman–Crippen MR) is 69.4 cm³/mol. The lowest BCUT2D eigenvalue weighted by molar-refractivity contribution is -0.136. The largest absolute Gasteiger partial charge is 0.401 e. The molecule has 19 heavy (non-hydrogen) atoms. The van der Waals surface area contributed by atoms with Gasteiger partial charge in [-0.3, -0.25) is 10.1 Å². The number of nitrogens with two attached hydrogens (primary N) is 1. The molecule has 1 unspecified atom stereocenters. The van der Waals surface area contributed by atoms with E-state index in [2.05, 4.69) is 21.2 Å². The first kappa shape index (κ1) is 16.0. The van der Waals surface area contributed by atoms with Crippen molar-refractivity contribution in [3.05, 3.63) is 34.3 Å². The summed E-state index contributed by atoms with van der Waals surface area (Å²) < 4.78 is 37.7. The molecular weight excluding hydrogens is 325 g/mol. The van der Waals surface area contributed by atoms with Crippen molar-refractivity contribution in [3.63, 3.8) is 0 Å². The lowest BCUT2D eigenvalue weighted by Crippen LogP contribution is -2.54. The molecule has 1 aromatic rings. The first-order valence-corrected chi connectivity index (χ1v) is 6.38. The molecule has 106 valence electrons. The molecule has 1 aromatic carbocycles. The summed E-state index contributed by atoms with van der Waals surface area (Å²) in [5.74, 6) is -0.836. The van der Waals surface area contributed by atoms with Crippen molar-refractivity contribution in [2.75, 3.05) is 6.54 Å². The van der Waals surface area contributed by atoms with Gasteiger partial charge in [0, 0.05) is 4.47 Å². The molecule has 0 aliphatic rings. The number of rotatable bonds is 5. The fourth-order valence-corrected chi connectivity index (χ4v) is 2.24. The number of amides is 1. The Kier molecular flexibility index (Phi) is 4.98. The Hall–Kier alpha value is -1.08. The maximum atomic E-state index is 12.4. The number of hydrogen-bond donors (Lipinski definition) is 2. The topological polar surface area (TPSA) is 55.1 Å². The van der Waals surface area contributed by atoms with Gasteiger partial charge in [-0.1, -0.05) is 35.0 Å². The maximum absolute atomic E-state index is 12.4. The predicted octanol–water partition coefficient (Wildman–Crippen LogP) is 2.69. The van der Waals surface area contributed by atoms with E-state index in [0.29, 0.717) is 10.0 Å². The van der Waals surface area contributed by atoms with E-state index in [-0.39, 0.29) is 6.42 Å². The second-order valence-corrected chi connectivity index (χ2v) is 5.02. The van der Waals surface area contributed by atoms with Crippen LogP contribution in [0.25, 0.3) is 0 Å². The summed E-state index contributed by atoms with van der Waals surface area (Å²) in [4.78, 5) is 11.7. The summed E-state index contributed by atoms with van der Waals surface area (Å²) in [6.45, 7) is 0.325. The van der Waals surface area contributed by atoms with Gasteiger partial charge in [-0.15, -0.1) is 0 Å². The number of alkyl halides is 3. The minimum Gasteiger partial charge on any atom is -0.368 e. The van der Waals surface area contributed by atoms with Gasteiger partial charge in [-0.05, 0) is 24.1 Å². The minimum atomic E-state index is -4.41. The van der Waals surface area contributed by atoms with E-state index in [4.69, 9.17) is 5.73 Å². The number of primary amides is 1. The molecule has 0 saturated heterocycles. The van der Waals surface area contributed by atoms with Gasteiger partial charge in [0.1, 0.15) is 5.54 Å². The van der Waals surface area contributed by atoms with Crippen LogP contribution < -0.4 is 11.1 Å². The van der Waals surface area contributed by atoms with Gasteiger partial charge in [0.2, 0.25) is 5.91 Å². The number of halogens is 4. The summed E-state index contributed by atoms with van der Waals surface area (Å²) in [7, 11) is 0. The lowest BCUT2D eigenvalue weighted by Gasteiger charge is -2.32. The Morgan fingerprint density at radius 2 is 2.05 bits per heavy atom. The Morgan fingerprint density at radius 3 is 2.47 bits per heavy atom. The molecule has 0 saturated carbocycles. The molecule has 1 amide bonds. The van der Waals surface area contributed by atoms with Crippen LogP contribution in [0.1, 0.15) is 18.9 Å². The average Bonchev–Trinajstić information content (AvgIpc) is 2.28. The van der Waals surface area contributed by atoms with Crippen LogP contribution >= 0.6 is 15.9 Å². The first-order chi connectivity index (χ1) is 8.71. The Balaban J connectivity index is 3.16.